The highest BCUT2D eigenvalue weighted by Gasteiger charge is 2.18. The topological polar surface area (TPSA) is 99.5 Å². The molecule has 3 aromatic rings. The minimum absolute atomic E-state index is 0.162. The molecule has 0 unspecified atom stereocenters. The van der Waals surface area contributed by atoms with Gasteiger partial charge in [0.15, 0.2) is 11.4 Å². The summed E-state index contributed by atoms with van der Waals surface area (Å²) in [5.74, 6) is -2.08. The van der Waals surface area contributed by atoms with Crippen LogP contribution < -0.4 is 5.32 Å². The molecule has 0 bridgehead atoms. The van der Waals surface area contributed by atoms with Crippen molar-refractivity contribution in [2.45, 2.75) is 12.8 Å². The number of benzene rings is 1. The SMILES string of the molecule is O=C(O)CNC(=O)c1ncc2cc(CCc3ccccc3)sc2c1O. The largest absolute Gasteiger partial charge is 0.504 e. The lowest BCUT2D eigenvalue weighted by Crippen LogP contribution is -2.29. The number of aromatic nitrogens is 1. The highest BCUT2D eigenvalue weighted by atomic mass is 32.1. The van der Waals surface area contributed by atoms with Gasteiger partial charge < -0.3 is 15.5 Å². The fourth-order valence-electron chi connectivity index (χ4n) is 2.48. The monoisotopic (exact) mass is 356 g/mol. The van der Waals surface area contributed by atoms with Crippen LogP contribution in [0.3, 0.4) is 0 Å². The summed E-state index contributed by atoms with van der Waals surface area (Å²) in [5, 5.41) is 21.9. The molecule has 0 aliphatic carbocycles. The van der Waals surface area contributed by atoms with Crippen molar-refractivity contribution in [2.75, 3.05) is 6.54 Å². The second-order valence-electron chi connectivity index (χ2n) is 5.51. The fourth-order valence-corrected chi connectivity index (χ4v) is 3.56. The average molecular weight is 356 g/mol. The van der Waals surface area contributed by atoms with Gasteiger partial charge in [-0.3, -0.25) is 9.59 Å². The van der Waals surface area contributed by atoms with E-state index in [4.69, 9.17) is 5.11 Å². The molecule has 0 spiro atoms. The molecule has 0 radical (unpaired) electrons. The number of fused-ring (bicyclic) bond motifs is 1. The quantitative estimate of drug-likeness (QED) is 0.630. The average Bonchev–Trinajstić information content (AvgIpc) is 3.03. The van der Waals surface area contributed by atoms with Gasteiger partial charge in [-0.2, -0.15) is 0 Å². The summed E-state index contributed by atoms with van der Waals surface area (Å²) in [6.45, 7) is -0.523. The normalized spacial score (nSPS) is 10.7. The Morgan fingerprint density at radius 1 is 1.16 bits per heavy atom. The van der Waals surface area contributed by atoms with Crippen LogP contribution in [0.1, 0.15) is 20.9 Å². The maximum atomic E-state index is 11.9. The highest BCUT2D eigenvalue weighted by molar-refractivity contribution is 7.19. The van der Waals surface area contributed by atoms with E-state index in [2.05, 4.69) is 22.4 Å². The number of thiophene rings is 1. The standard InChI is InChI=1S/C18H16N2O4S/c21-14(22)10-20-18(24)15-16(23)17-12(9-19-15)8-13(25-17)7-6-11-4-2-1-3-5-11/h1-5,8-9,23H,6-7,10H2,(H,20,24)(H,21,22). The van der Waals surface area contributed by atoms with Crippen LogP contribution in [-0.2, 0) is 17.6 Å². The van der Waals surface area contributed by atoms with Gasteiger partial charge in [-0.25, -0.2) is 4.98 Å². The summed E-state index contributed by atoms with van der Waals surface area (Å²) in [5.41, 5.74) is 1.07. The lowest BCUT2D eigenvalue weighted by atomic mass is 10.1. The zero-order valence-electron chi connectivity index (χ0n) is 13.2. The van der Waals surface area contributed by atoms with Crippen LogP contribution in [0.15, 0.2) is 42.6 Å². The van der Waals surface area contributed by atoms with E-state index in [0.717, 1.165) is 23.1 Å². The molecule has 128 valence electrons. The fraction of sp³-hybridized carbons (Fsp3) is 0.167. The number of nitrogens with zero attached hydrogens (tertiary/aromatic N) is 1. The number of carboxylic acid groups (broad SMARTS) is 1. The van der Waals surface area contributed by atoms with Crippen LogP contribution in [0, 0.1) is 0 Å². The summed E-state index contributed by atoms with van der Waals surface area (Å²) < 4.78 is 0.582. The number of rotatable bonds is 6. The van der Waals surface area contributed by atoms with Crippen LogP contribution in [0.5, 0.6) is 5.75 Å². The van der Waals surface area contributed by atoms with Gasteiger partial charge in [0.25, 0.3) is 5.91 Å². The van der Waals surface area contributed by atoms with Crippen molar-refractivity contribution >= 4 is 33.3 Å². The molecule has 1 amide bonds. The molecular formula is C18H16N2O4S. The van der Waals surface area contributed by atoms with Gasteiger partial charge >= 0.3 is 5.97 Å². The van der Waals surface area contributed by atoms with E-state index in [1.54, 1.807) is 0 Å². The van der Waals surface area contributed by atoms with E-state index >= 15 is 0 Å². The Bertz CT molecular complexity index is 921. The van der Waals surface area contributed by atoms with E-state index in [1.165, 1.54) is 23.1 Å². The van der Waals surface area contributed by atoms with Crippen molar-refractivity contribution in [3.63, 3.8) is 0 Å². The summed E-state index contributed by atoms with van der Waals surface area (Å²) in [6, 6.07) is 12.1. The van der Waals surface area contributed by atoms with Crippen LogP contribution in [-0.4, -0.2) is 33.6 Å². The molecule has 25 heavy (non-hydrogen) atoms. The first-order valence-corrected chi connectivity index (χ1v) is 8.50. The van der Waals surface area contributed by atoms with E-state index < -0.39 is 18.4 Å². The Hall–Kier alpha value is -2.93. The molecule has 2 heterocycles. The predicted octanol–water partition coefficient (Wildman–Crippen LogP) is 2.60. The number of aryl methyl sites for hydroxylation is 2. The second kappa shape index (κ2) is 7.31. The lowest BCUT2D eigenvalue weighted by Gasteiger charge is -2.04. The second-order valence-corrected chi connectivity index (χ2v) is 6.65. The number of nitrogens with one attached hydrogen (secondary N) is 1. The maximum Gasteiger partial charge on any atom is 0.322 e. The molecule has 0 aliphatic rings. The number of hydrogen-bond donors (Lipinski definition) is 3. The lowest BCUT2D eigenvalue weighted by molar-refractivity contribution is -0.135. The van der Waals surface area contributed by atoms with Crippen molar-refractivity contribution in [1.29, 1.82) is 0 Å². The van der Waals surface area contributed by atoms with Crippen LogP contribution >= 0.6 is 11.3 Å². The molecular weight excluding hydrogens is 340 g/mol. The number of hydrogen-bond acceptors (Lipinski definition) is 5. The third kappa shape index (κ3) is 3.95. The van der Waals surface area contributed by atoms with Crippen LogP contribution in [0.2, 0.25) is 0 Å². The van der Waals surface area contributed by atoms with E-state index in [9.17, 15) is 14.7 Å². The molecule has 0 saturated carbocycles. The van der Waals surface area contributed by atoms with Gasteiger partial charge in [-0.1, -0.05) is 30.3 Å². The predicted molar refractivity (Wildman–Crippen MR) is 95.1 cm³/mol. The summed E-state index contributed by atoms with van der Waals surface area (Å²) in [7, 11) is 0. The van der Waals surface area contributed by atoms with Crippen molar-refractivity contribution < 1.29 is 19.8 Å². The Morgan fingerprint density at radius 2 is 1.92 bits per heavy atom. The Morgan fingerprint density at radius 3 is 2.64 bits per heavy atom. The Kier molecular flexibility index (Phi) is 4.95. The molecule has 3 N–H and O–H groups in total. The van der Waals surface area contributed by atoms with Gasteiger partial charge in [0.1, 0.15) is 6.54 Å². The van der Waals surface area contributed by atoms with Gasteiger partial charge in [-0.05, 0) is 24.5 Å². The number of carbonyl (C=O) groups excluding carboxylic acids is 1. The smallest absolute Gasteiger partial charge is 0.322 e. The molecule has 0 atom stereocenters. The molecule has 7 heteroatoms. The first kappa shape index (κ1) is 16.9. The maximum absolute atomic E-state index is 11.9. The number of amides is 1. The van der Waals surface area contributed by atoms with Gasteiger partial charge in [0.2, 0.25) is 0 Å². The van der Waals surface area contributed by atoms with E-state index in [1.807, 2.05) is 24.3 Å². The van der Waals surface area contributed by atoms with E-state index in [0.29, 0.717) is 4.70 Å². The first-order valence-electron chi connectivity index (χ1n) is 7.69. The molecule has 1 aromatic carbocycles. The summed E-state index contributed by atoms with van der Waals surface area (Å²) in [4.78, 5) is 27.5. The van der Waals surface area contributed by atoms with Gasteiger partial charge in [0, 0.05) is 16.5 Å². The Balaban J connectivity index is 1.79. The minimum atomic E-state index is -1.16. The zero-order valence-corrected chi connectivity index (χ0v) is 14.0. The number of carboxylic acids is 1. The molecule has 2 aromatic heterocycles. The van der Waals surface area contributed by atoms with E-state index in [-0.39, 0.29) is 11.4 Å². The number of aliphatic carboxylic acids is 1. The number of aromatic hydroxyl groups is 1. The molecule has 0 fully saturated rings. The summed E-state index contributed by atoms with van der Waals surface area (Å²) in [6.07, 6.45) is 3.23. The van der Waals surface area contributed by atoms with Crippen LogP contribution in [0.4, 0.5) is 0 Å². The van der Waals surface area contributed by atoms with Gasteiger partial charge in [0.05, 0.1) is 4.70 Å². The molecule has 6 nitrogen and oxygen atoms in total. The number of pyridine rings is 1. The molecule has 0 aliphatic heterocycles. The van der Waals surface area contributed by atoms with Crippen LogP contribution in [0.25, 0.3) is 10.1 Å². The number of carbonyl (C=O) groups is 2. The van der Waals surface area contributed by atoms with Gasteiger partial charge in [-0.15, -0.1) is 11.3 Å². The summed E-state index contributed by atoms with van der Waals surface area (Å²) >= 11 is 1.41. The third-order valence-electron chi connectivity index (χ3n) is 3.70. The molecule has 3 rings (SSSR count). The minimum Gasteiger partial charge on any atom is -0.504 e. The Labute approximate surface area is 147 Å². The van der Waals surface area contributed by atoms with Crippen molar-refractivity contribution in [1.82, 2.24) is 10.3 Å². The molecule has 0 saturated heterocycles. The highest BCUT2D eigenvalue weighted by Crippen LogP contribution is 2.34. The third-order valence-corrected chi connectivity index (χ3v) is 4.92. The van der Waals surface area contributed by atoms with Crippen molar-refractivity contribution in [2.24, 2.45) is 0 Å². The first-order chi connectivity index (χ1) is 12.0. The van der Waals surface area contributed by atoms with Crippen molar-refractivity contribution in [3.05, 3.63) is 58.7 Å². The van der Waals surface area contributed by atoms with Crippen molar-refractivity contribution in [3.8, 4) is 5.75 Å². The zero-order chi connectivity index (χ0) is 17.8.